The van der Waals surface area contributed by atoms with Crippen LogP contribution in [0.4, 0.5) is 18.3 Å². The molecule has 1 N–H and O–H groups in total. The molecule has 0 bridgehead atoms. The topological polar surface area (TPSA) is 88.7 Å². The van der Waals surface area contributed by atoms with E-state index in [1.165, 1.54) is 23.5 Å². The number of aromatic carboxylic acids is 1. The molecular formula is C27H24F3N3O4S. The molecule has 6 rings (SSSR count). The van der Waals surface area contributed by atoms with Crippen molar-refractivity contribution < 1.29 is 32.3 Å². The molecule has 1 aliphatic carbocycles. The van der Waals surface area contributed by atoms with Crippen LogP contribution < -0.4 is 4.90 Å². The van der Waals surface area contributed by atoms with Crippen LogP contribution in [-0.4, -0.2) is 46.6 Å². The van der Waals surface area contributed by atoms with Crippen molar-refractivity contribution in [1.82, 2.24) is 10.1 Å². The van der Waals surface area contributed by atoms with Crippen molar-refractivity contribution in [2.75, 3.05) is 24.6 Å². The highest BCUT2D eigenvalue weighted by atomic mass is 32.1. The number of carbonyl (C=O) groups is 1. The van der Waals surface area contributed by atoms with Crippen LogP contribution in [0, 0.1) is 11.6 Å². The lowest BCUT2D eigenvalue weighted by atomic mass is 9.94. The average Bonchev–Trinajstić information content (AvgIpc) is 3.51. The molecule has 2 aliphatic rings. The lowest BCUT2D eigenvalue weighted by molar-refractivity contribution is -0.00757. The van der Waals surface area contributed by atoms with Gasteiger partial charge in [-0.05, 0) is 43.2 Å². The number of halogens is 3. The Balaban J connectivity index is 1.12. The molecule has 7 nitrogen and oxygen atoms in total. The van der Waals surface area contributed by atoms with E-state index < -0.39 is 23.3 Å². The first kappa shape index (κ1) is 24.9. The van der Waals surface area contributed by atoms with Gasteiger partial charge in [0.05, 0.1) is 34.6 Å². The third kappa shape index (κ3) is 4.76. The maximum atomic E-state index is 15.7. The molecule has 0 amide bonds. The van der Waals surface area contributed by atoms with E-state index in [1.54, 1.807) is 12.1 Å². The Morgan fingerprint density at radius 1 is 1.18 bits per heavy atom. The molecule has 0 radical (unpaired) electrons. The number of piperidine rings is 1. The van der Waals surface area contributed by atoms with Crippen LogP contribution in [0.2, 0.25) is 0 Å². The number of anilines is 1. The molecule has 3 heterocycles. The number of nitrogens with zero attached hydrogens (tertiary/aromatic N) is 3. The molecule has 2 fully saturated rings. The summed E-state index contributed by atoms with van der Waals surface area (Å²) < 4.78 is 56.6. The summed E-state index contributed by atoms with van der Waals surface area (Å²) in [6.45, 7) is 0.629. The van der Waals surface area contributed by atoms with Gasteiger partial charge in [0.2, 0.25) is 0 Å². The summed E-state index contributed by atoms with van der Waals surface area (Å²) in [6.07, 6.45) is 2.23. The first-order valence-electron chi connectivity index (χ1n) is 12.4. The van der Waals surface area contributed by atoms with Crippen LogP contribution in [0.25, 0.3) is 21.5 Å². The molecule has 0 spiro atoms. The molecule has 2 aromatic carbocycles. The van der Waals surface area contributed by atoms with Gasteiger partial charge in [0.1, 0.15) is 28.8 Å². The predicted molar refractivity (Wildman–Crippen MR) is 135 cm³/mol. The minimum Gasteiger partial charge on any atom is -0.478 e. The second kappa shape index (κ2) is 9.70. The zero-order chi connectivity index (χ0) is 26.4. The van der Waals surface area contributed by atoms with E-state index in [-0.39, 0.29) is 48.8 Å². The van der Waals surface area contributed by atoms with Crippen LogP contribution in [0.5, 0.6) is 0 Å². The standard InChI is InChI=1S/C27H24F3N3O4S/c28-18-2-1-3-19(29)22(18)23-17(24(37-32-23)15-4-5-15)13-36-14-27(30)8-10-33(11-9-27)26-31-20-7-6-16(25(34)35)12-21(20)38-26/h1-3,6-7,12,15H,4-5,8-11,13-14H2,(H,34,35). The quantitative estimate of drug-likeness (QED) is 0.278. The van der Waals surface area contributed by atoms with E-state index in [0.717, 1.165) is 34.8 Å². The van der Waals surface area contributed by atoms with Gasteiger partial charge in [0.15, 0.2) is 5.13 Å². The molecule has 0 atom stereocenters. The van der Waals surface area contributed by atoms with Gasteiger partial charge < -0.3 is 19.3 Å². The number of fused-ring (bicyclic) bond motifs is 1. The van der Waals surface area contributed by atoms with Crippen LogP contribution in [0.3, 0.4) is 0 Å². The van der Waals surface area contributed by atoms with Crippen molar-refractivity contribution in [2.45, 2.75) is 43.9 Å². The maximum absolute atomic E-state index is 15.7. The number of benzene rings is 2. The minimum atomic E-state index is -1.57. The smallest absolute Gasteiger partial charge is 0.335 e. The fourth-order valence-electron chi connectivity index (χ4n) is 4.81. The normalized spacial score (nSPS) is 17.3. The van der Waals surface area contributed by atoms with Gasteiger partial charge in [0, 0.05) is 37.4 Å². The Labute approximate surface area is 219 Å². The van der Waals surface area contributed by atoms with Crippen LogP contribution in [0.1, 0.15) is 53.3 Å². The maximum Gasteiger partial charge on any atom is 0.335 e. The average molecular weight is 544 g/mol. The second-order valence-corrected chi connectivity index (χ2v) is 10.9. The zero-order valence-electron chi connectivity index (χ0n) is 20.3. The summed E-state index contributed by atoms with van der Waals surface area (Å²) in [6, 6.07) is 8.40. The van der Waals surface area contributed by atoms with Gasteiger partial charge in [-0.25, -0.2) is 22.9 Å². The SMILES string of the molecule is O=C(O)c1ccc2nc(N3CCC(F)(COCc4c(-c5c(F)cccc5F)noc4C4CC4)CC3)sc2c1. The van der Waals surface area contributed by atoms with E-state index in [9.17, 15) is 18.7 Å². The van der Waals surface area contributed by atoms with E-state index in [2.05, 4.69) is 10.1 Å². The molecule has 11 heteroatoms. The number of hydrogen-bond acceptors (Lipinski definition) is 7. The highest BCUT2D eigenvalue weighted by molar-refractivity contribution is 7.22. The molecular weight excluding hydrogens is 519 g/mol. The summed E-state index contributed by atoms with van der Waals surface area (Å²) in [5, 5.41) is 13.9. The Bertz CT molecular complexity index is 1490. The Morgan fingerprint density at radius 3 is 2.61 bits per heavy atom. The van der Waals surface area contributed by atoms with Gasteiger partial charge >= 0.3 is 5.97 Å². The zero-order valence-corrected chi connectivity index (χ0v) is 21.1. The molecule has 4 aromatic rings. The molecule has 1 saturated heterocycles. The van der Waals surface area contributed by atoms with E-state index >= 15 is 4.39 Å². The van der Waals surface area contributed by atoms with Crippen molar-refractivity contribution in [3.05, 3.63) is 64.9 Å². The Hall–Kier alpha value is -3.44. The van der Waals surface area contributed by atoms with Gasteiger partial charge in [-0.2, -0.15) is 0 Å². The highest BCUT2D eigenvalue weighted by Gasteiger charge is 2.37. The van der Waals surface area contributed by atoms with Crippen molar-refractivity contribution in [3.63, 3.8) is 0 Å². The molecule has 198 valence electrons. The van der Waals surface area contributed by atoms with Crippen molar-refractivity contribution >= 4 is 32.7 Å². The van der Waals surface area contributed by atoms with Crippen molar-refractivity contribution in [2.24, 2.45) is 0 Å². The van der Waals surface area contributed by atoms with E-state index in [4.69, 9.17) is 9.26 Å². The van der Waals surface area contributed by atoms with Gasteiger partial charge in [-0.1, -0.05) is 22.6 Å². The number of rotatable bonds is 8. The lowest BCUT2D eigenvalue weighted by Crippen LogP contribution is -2.44. The second-order valence-electron chi connectivity index (χ2n) is 9.86. The third-order valence-corrected chi connectivity index (χ3v) is 8.21. The fourth-order valence-corrected chi connectivity index (χ4v) is 5.86. The molecule has 0 unspecified atom stereocenters. The highest BCUT2D eigenvalue weighted by Crippen LogP contribution is 2.45. The number of carboxylic acid groups (broad SMARTS) is 1. The number of alkyl halides is 1. The van der Waals surface area contributed by atoms with E-state index in [0.29, 0.717) is 29.9 Å². The number of aromatic nitrogens is 2. The summed E-state index contributed by atoms with van der Waals surface area (Å²) in [4.78, 5) is 17.8. The number of hydrogen-bond donors (Lipinski definition) is 1. The third-order valence-electron chi connectivity index (χ3n) is 7.13. The van der Waals surface area contributed by atoms with Crippen LogP contribution >= 0.6 is 11.3 Å². The summed E-state index contributed by atoms with van der Waals surface area (Å²) in [7, 11) is 0. The molecule has 1 saturated carbocycles. The van der Waals surface area contributed by atoms with Gasteiger partial charge in [-0.3, -0.25) is 0 Å². The predicted octanol–water partition coefficient (Wildman–Crippen LogP) is 6.33. The van der Waals surface area contributed by atoms with Gasteiger partial charge in [-0.15, -0.1) is 0 Å². The number of ether oxygens (including phenoxy) is 1. The number of thiazole rings is 1. The fraction of sp³-hybridized carbons (Fsp3) is 0.370. The van der Waals surface area contributed by atoms with Crippen LogP contribution in [-0.2, 0) is 11.3 Å². The summed E-state index contributed by atoms with van der Waals surface area (Å²) in [5.74, 6) is -1.81. The van der Waals surface area contributed by atoms with Crippen molar-refractivity contribution in [1.29, 1.82) is 0 Å². The van der Waals surface area contributed by atoms with Gasteiger partial charge in [0.25, 0.3) is 0 Å². The largest absolute Gasteiger partial charge is 0.478 e. The monoisotopic (exact) mass is 543 g/mol. The van der Waals surface area contributed by atoms with Crippen LogP contribution in [0.15, 0.2) is 40.9 Å². The number of carboxylic acids is 1. The summed E-state index contributed by atoms with van der Waals surface area (Å²) in [5.41, 5.74) is -0.400. The molecule has 38 heavy (non-hydrogen) atoms. The van der Waals surface area contributed by atoms with E-state index in [1.807, 2.05) is 4.90 Å². The lowest BCUT2D eigenvalue weighted by Gasteiger charge is -2.36. The molecule has 1 aliphatic heterocycles. The Morgan fingerprint density at radius 2 is 1.92 bits per heavy atom. The molecule has 2 aromatic heterocycles. The van der Waals surface area contributed by atoms with Crippen molar-refractivity contribution in [3.8, 4) is 11.3 Å². The minimum absolute atomic E-state index is 0.0579. The summed E-state index contributed by atoms with van der Waals surface area (Å²) >= 11 is 1.38. The first-order chi connectivity index (χ1) is 18.3. The Kier molecular flexibility index (Phi) is 6.35. The first-order valence-corrected chi connectivity index (χ1v) is 13.2.